The molecule has 0 amide bonds. The molecule has 0 bridgehead atoms. The van der Waals surface area contributed by atoms with Crippen molar-refractivity contribution in [3.8, 4) is 0 Å². The quantitative estimate of drug-likeness (QED) is 0.621. The van der Waals surface area contributed by atoms with Crippen molar-refractivity contribution in [2.75, 3.05) is 0 Å². The van der Waals surface area contributed by atoms with E-state index < -0.39 is 0 Å². The molecule has 0 N–H and O–H groups in total. The lowest BCUT2D eigenvalue weighted by molar-refractivity contribution is -0.113. The number of carbonyl (C=O) groups is 1. The van der Waals surface area contributed by atoms with Gasteiger partial charge in [0.05, 0.1) is 0 Å². The minimum atomic E-state index is 0.227. The molecular formula is C22H28O. The number of ketones is 1. The molecular weight excluding hydrogens is 280 g/mol. The van der Waals surface area contributed by atoms with Crippen LogP contribution in [0.1, 0.15) is 56.9 Å². The lowest BCUT2D eigenvalue weighted by Crippen LogP contribution is -2.14. The number of carbonyl (C=O) groups excluding carboxylic acids is 1. The van der Waals surface area contributed by atoms with E-state index in [4.69, 9.17) is 0 Å². The summed E-state index contributed by atoms with van der Waals surface area (Å²) in [6.07, 6.45) is 0.511. The minimum Gasteiger partial charge on any atom is -0.294 e. The number of rotatable bonds is 1. The molecule has 0 unspecified atom stereocenters. The standard InChI is InChI=1S/C18H16O.2C2H6/c1-12-7-3-5-9-15(12)18-13(2)16-10-6-4-8-14(16)11-17(18)19;2*1-2/h3-10H,11H2,1-2H3;2*1-2H3. The van der Waals surface area contributed by atoms with Crippen LogP contribution in [0, 0.1) is 6.92 Å². The zero-order valence-electron chi connectivity index (χ0n) is 15.2. The molecule has 122 valence electrons. The van der Waals surface area contributed by atoms with Crippen LogP contribution in [-0.2, 0) is 11.2 Å². The average Bonchev–Trinajstić information content (AvgIpc) is 2.60. The second-order valence-corrected chi connectivity index (χ2v) is 5.07. The SMILES string of the molecule is CC.CC.CC1=C(c2ccccc2C)C(=O)Cc2ccccc21. The second kappa shape index (κ2) is 9.09. The summed E-state index contributed by atoms with van der Waals surface area (Å²) in [5, 5.41) is 0. The lowest BCUT2D eigenvalue weighted by atomic mass is 9.81. The van der Waals surface area contributed by atoms with E-state index in [1.807, 2.05) is 64.1 Å². The lowest BCUT2D eigenvalue weighted by Gasteiger charge is -2.21. The summed E-state index contributed by atoms with van der Waals surface area (Å²) in [4.78, 5) is 12.5. The number of fused-ring (bicyclic) bond motifs is 1. The Morgan fingerprint density at radius 3 is 1.87 bits per heavy atom. The summed E-state index contributed by atoms with van der Waals surface area (Å²) in [5.74, 6) is 0.227. The Bertz CT molecular complexity index is 693. The smallest absolute Gasteiger partial charge is 0.168 e. The number of allylic oxidation sites excluding steroid dienone is 2. The van der Waals surface area contributed by atoms with E-state index in [0.717, 1.165) is 27.8 Å². The molecule has 0 aromatic heterocycles. The van der Waals surface area contributed by atoms with Gasteiger partial charge in [-0.2, -0.15) is 0 Å². The highest BCUT2D eigenvalue weighted by molar-refractivity contribution is 6.30. The average molecular weight is 308 g/mol. The van der Waals surface area contributed by atoms with E-state index >= 15 is 0 Å². The minimum absolute atomic E-state index is 0.227. The first-order chi connectivity index (χ1) is 11.2. The van der Waals surface area contributed by atoms with Crippen molar-refractivity contribution < 1.29 is 4.79 Å². The Balaban J connectivity index is 0.000000615. The Kier molecular flexibility index (Phi) is 7.47. The molecule has 2 aromatic carbocycles. The third kappa shape index (κ3) is 3.98. The molecule has 0 aliphatic heterocycles. The van der Waals surface area contributed by atoms with Gasteiger partial charge in [0.15, 0.2) is 5.78 Å². The van der Waals surface area contributed by atoms with Crippen LogP contribution in [0.15, 0.2) is 48.5 Å². The van der Waals surface area contributed by atoms with Crippen LogP contribution in [-0.4, -0.2) is 5.78 Å². The highest BCUT2D eigenvalue weighted by Gasteiger charge is 2.24. The summed E-state index contributed by atoms with van der Waals surface area (Å²) >= 11 is 0. The van der Waals surface area contributed by atoms with Gasteiger partial charge in [-0.25, -0.2) is 0 Å². The fourth-order valence-electron chi connectivity index (χ4n) is 2.85. The van der Waals surface area contributed by atoms with E-state index in [-0.39, 0.29) is 5.78 Å². The van der Waals surface area contributed by atoms with Crippen molar-refractivity contribution in [2.45, 2.75) is 48.0 Å². The number of hydrogen-bond donors (Lipinski definition) is 0. The third-order valence-corrected chi connectivity index (χ3v) is 3.84. The molecule has 0 saturated carbocycles. The Hall–Kier alpha value is -2.15. The summed E-state index contributed by atoms with van der Waals surface area (Å²) in [5.41, 5.74) is 6.56. The fourth-order valence-corrected chi connectivity index (χ4v) is 2.85. The van der Waals surface area contributed by atoms with Crippen LogP contribution in [0.25, 0.3) is 11.1 Å². The van der Waals surface area contributed by atoms with Crippen molar-refractivity contribution >= 4 is 16.9 Å². The van der Waals surface area contributed by atoms with Crippen LogP contribution in [0.3, 0.4) is 0 Å². The molecule has 0 spiro atoms. The molecule has 1 heteroatoms. The molecule has 0 fully saturated rings. The van der Waals surface area contributed by atoms with Crippen LogP contribution < -0.4 is 0 Å². The topological polar surface area (TPSA) is 17.1 Å². The monoisotopic (exact) mass is 308 g/mol. The van der Waals surface area contributed by atoms with Crippen molar-refractivity contribution in [1.82, 2.24) is 0 Å². The molecule has 0 atom stereocenters. The first-order valence-corrected chi connectivity index (χ1v) is 8.57. The number of hydrogen-bond acceptors (Lipinski definition) is 1. The van der Waals surface area contributed by atoms with E-state index in [1.54, 1.807) is 0 Å². The van der Waals surface area contributed by atoms with Crippen molar-refractivity contribution in [3.63, 3.8) is 0 Å². The molecule has 1 aliphatic rings. The molecule has 0 saturated heterocycles. The van der Waals surface area contributed by atoms with Gasteiger partial charge in [0, 0.05) is 12.0 Å². The van der Waals surface area contributed by atoms with Crippen LogP contribution in [0.2, 0.25) is 0 Å². The molecule has 3 rings (SSSR count). The first-order valence-electron chi connectivity index (χ1n) is 8.57. The van der Waals surface area contributed by atoms with Gasteiger partial charge in [-0.3, -0.25) is 4.79 Å². The highest BCUT2D eigenvalue weighted by atomic mass is 16.1. The van der Waals surface area contributed by atoms with Gasteiger partial charge in [-0.15, -0.1) is 0 Å². The predicted molar refractivity (Wildman–Crippen MR) is 102 cm³/mol. The van der Waals surface area contributed by atoms with Crippen molar-refractivity contribution in [2.24, 2.45) is 0 Å². The van der Waals surface area contributed by atoms with Crippen molar-refractivity contribution in [3.05, 3.63) is 70.8 Å². The van der Waals surface area contributed by atoms with Gasteiger partial charge < -0.3 is 0 Å². The maximum atomic E-state index is 12.5. The van der Waals surface area contributed by atoms with Gasteiger partial charge in [0.1, 0.15) is 0 Å². The summed E-state index contributed by atoms with van der Waals surface area (Å²) in [7, 11) is 0. The molecule has 1 aliphatic carbocycles. The van der Waals surface area contributed by atoms with Crippen LogP contribution in [0.5, 0.6) is 0 Å². The van der Waals surface area contributed by atoms with E-state index in [1.165, 1.54) is 5.56 Å². The predicted octanol–water partition coefficient (Wildman–Crippen LogP) is 6.10. The molecule has 23 heavy (non-hydrogen) atoms. The molecule has 0 radical (unpaired) electrons. The summed E-state index contributed by atoms with van der Waals surface area (Å²) < 4.78 is 0. The Morgan fingerprint density at radius 1 is 0.739 bits per heavy atom. The zero-order valence-corrected chi connectivity index (χ0v) is 15.2. The van der Waals surface area contributed by atoms with Crippen molar-refractivity contribution in [1.29, 1.82) is 0 Å². The second-order valence-electron chi connectivity index (χ2n) is 5.07. The van der Waals surface area contributed by atoms with Crippen LogP contribution in [0.4, 0.5) is 0 Å². The molecule has 0 heterocycles. The van der Waals surface area contributed by atoms with E-state index in [9.17, 15) is 4.79 Å². The van der Waals surface area contributed by atoms with Gasteiger partial charge in [0.25, 0.3) is 0 Å². The van der Waals surface area contributed by atoms with Gasteiger partial charge in [0.2, 0.25) is 0 Å². The highest BCUT2D eigenvalue weighted by Crippen LogP contribution is 2.35. The third-order valence-electron chi connectivity index (χ3n) is 3.84. The van der Waals surface area contributed by atoms with E-state index in [0.29, 0.717) is 6.42 Å². The number of benzene rings is 2. The molecule has 1 nitrogen and oxygen atoms in total. The maximum absolute atomic E-state index is 12.5. The zero-order chi connectivity index (χ0) is 17.4. The fraction of sp³-hybridized carbons (Fsp3) is 0.318. The first kappa shape index (κ1) is 18.9. The molecule has 2 aromatic rings. The van der Waals surface area contributed by atoms with Gasteiger partial charge in [-0.1, -0.05) is 76.2 Å². The van der Waals surface area contributed by atoms with Gasteiger partial charge in [-0.05, 0) is 41.7 Å². The van der Waals surface area contributed by atoms with Crippen LogP contribution >= 0.6 is 0 Å². The maximum Gasteiger partial charge on any atom is 0.168 e. The van der Waals surface area contributed by atoms with E-state index in [2.05, 4.69) is 26.0 Å². The number of Topliss-reactive ketones (excluding diaryl/α,β-unsaturated/α-hetero) is 1. The summed E-state index contributed by atoms with van der Waals surface area (Å²) in [6, 6.07) is 16.3. The summed E-state index contributed by atoms with van der Waals surface area (Å²) in [6.45, 7) is 12.1. The van der Waals surface area contributed by atoms with Gasteiger partial charge >= 0.3 is 0 Å². The normalized spacial score (nSPS) is 12.5. The Labute approximate surface area is 141 Å². The largest absolute Gasteiger partial charge is 0.294 e. The number of aryl methyl sites for hydroxylation is 1. The Morgan fingerprint density at radius 2 is 1.26 bits per heavy atom.